The maximum Gasteiger partial charge on any atom is 0.152 e. The van der Waals surface area contributed by atoms with E-state index in [0.29, 0.717) is 17.0 Å². The summed E-state index contributed by atoms with van der Waals surface area (Å²) in [5.74, 6) is 1.40. The molecule has 0 fully saturated rings. The molecule has 2 unspecified atom stereocenters. The van der Waals surface area contributed by atoms with Crippen LogP contribution in [0.1, 0.15) is 31.9 Å². The molecule has 92 valence electrons. The van der Waals surface area contributed by atoms with Gasteiger partial charge in [-0.2, -0.15) is 0 Å². The molecular formula is C14H18ClNO. The van der Waals surface area contributed by atoms with Crippen molar-refractivity contribution in [1.82, 2.24) is 5.32 Å². The number of furan rings is 1. The average Bonchev–Trinajstić information content (AvgIpc) is 2.74. The highest BCUT2D eigenvalue weighted by Gasteiger charge is 2.15. The molecule has 17 heavy (non-hydrogen) atoms. The van der Waals surface area contributed by atoms with Crippen LogP contribution in [0.25, 0.3) is 11.0 Å². The molecule has 0 amide bonds. The van der Waals surface area contributed by atoms with E-state index in [9.17, 15) is 0 Å². The van der Waals surface area contributed by atoms with Gasteiger partial charge in [-0.15, -0.1) is 0 Å². The molecule has 0 spiro atoms. The van der Waals surface area contributed by atoms with E-state index in [4.69, 9.17) is 16.0 Å². The van der Waals surface area contributed by atoms with Gasteiger partial charge in [0.25, 0.3) is 0 Å². The lowest BCUT2D eigenvalue weighted by atomic mass is 10.0. The third-order valence-corrected chi connectivity index (χ3v) is 3.50. The van der Waals surface area contributed by atoms with Crippen LogP contribution in [0.3, 0.4) is 0 Å². The van der Waals surface area contributed by atoms with Crippen LogP contribution < -0.4 is 5.32 Å². The number of benzene rings is 1. The molecule has 1 N–H and O–H groups in total. The topological polar surface area (TPSA) is 25.2 Å². The molecule has 2 aromatic rings. The first-order valence-electron chi connectivity index (χ1n) is 5.97. The van der Waals surface area contributed by atoms with Crippen molar-refractivity contribution in [3.8, 4) is 0 Å². The predicted molar refractivity (Wildman–Crippen MR) is 72.8 cm³/mol. The Labute approximate surface area is 107 Å². The second-order valence-electron chi connectivity index (χ2n) is 4.63. The molecule has 0 aliphatic rings. The summed E-state index contributed by atoms with van der Waals surface area (Å²) in [6, 6.07) is 8.41. The quantitative estimate of drug-likeness (QED) is 0.882. The van der Waals surface area contributed by atoms with Crippen LogP contribution in [0.4, 0.5) is 0 Å². The van der Waals surface area contributed by atoms with Crippen molar-refractivity contribution in [3.05, 3.63) is 35.0 Å². The first kappa shape index (κ1) is 12.5. The number of hydrogen-bond acceptors (Lipinski definition) is 2. The van der Waals surface area contributed by atoms with Crippen LogP contribution >= 0.6 is 11.6 Å². The molecule has 1 aromatic heterocycles. The van der Waals surface area contributed by atoms with Crippen molar-refractivity contribution in [2.45, 2.75) is 32.2 Å². The summed E-state index contributed by atoms with van der Waals surface area (Å²) < 4.78 is 5.85. The summed E-state index contributed by atoms with van der Waals surface area (Å²) in [6.07, 6.45) is 1.05. The average molecular weight is 252 g/mol. The molecule has 0 aliphatic heterocycles. The lowest BCUT2D eigenvalue weighted by Crippen LogP contribution is -2.22. The maximum absolute atomic E-state index is 6.10. The van der Waals surface area contributed by atoms with Crippen molar-refractivity contribution in [2.24, 2.45) is 0 Å². The van der Waals surface area contributed by atoms with E-state index < -0.39 is 0 Å². The predicted octanol–water partition coefficient (Wildman–Crippen LogP) is 4.19. The summed E-state index contributed by atoms with van der Waals surface area (Å²) in [5.41, 5.74) is 0.799. The van der Waals surface area contributed by atoms with Crippen molar-refractivity contribution in [2.75, 3.05) is 7.05 Å². The zero-order chi connectivity index (χ0) is 12.4. The fraction of sp³-hybridized carbons (Fsp3) is 0.429. The monoisotopic (exact) mass is 251 g/mol. The van der Waals surface area contributed by atoms with Crippen LogP contribution in [0.15, 0.2) is 28.7 Å². The Bertz CT molecular complexity index is 506. The highest BCUT2D eigenvalue weighted by Crippen LogP contribution is 2.31. The molecule has 0 radical (unpaired) electrons. The van der Waals surface area contributed by atoms with E-state index in [1.165, 1.54) is 0 Å². The zero-order valence-electron chi connectivity index (χ0n) is 10.5. The van der Waals surface area contributed by atoms with Gasteiger partial charge < -0.3 is 9.73 Å². The highest BCUT2D eigenvalue weighted by molar-refractivity contribution is 6.34. The Morgan fingerprint density at radius 1 is 1.35 bits per heavy atom. The van der Waals surface area contributed by atoms with E-state index in [1.54, 1.807) is 0 Å². The van der Waals surface area contributed by atoms with Crippen LogP contribution in [-0.2, 0) is 0 Å². The molecule has 3 heteroatoms. The Hall–Kier alpha value is -0.990. The molecule has 2 atom stereocenters. The first-order valence-corrected chi connectivity index (χ1v) is 6.35. The number of fused-ring (bicyclic) bond motifs is 1. The van der Waals surface area contributed by atoms with Gasteiger partial charge >= 0.3 is 0 Å². The fourth-order valence-electron chi connectivity index (χ4n) is 2.05. The largest absolute Gasteiger partial charge is 0.459 e. The first-order chi connectivity index (χ1) is 8.11. The lowest BCUT2D eigenvalue weighted by molar-refractivity contribution is 0.445. The molecule has 1 aromatic carbocycles. The Morgan fingerprint density at radius 3 is 2.76 bits per heavy atom. The maximum atomic E-state index is 6.10. The van der Waals surface area contributed by atoms with E-state index in [-0.39, 0.29) is 0 Å². The smallest absolute Gasteiger partial charge is 0.152 e. The standard InChI is InChI=1S/C14H18ClNO/c1-9(7-10(2)16-3)13-8-11-5-4-6-12(15)14(11)17-13/h4-6,8-10,16H,7H2,1-3H3. The van der Waals surface area contributed by atoms with Gasteiger partial charge in [-0.05, 0) is 32.5 Å². The summed E-state index contributed by atoms with van der Waals surface area (Å²) in [7, 11) is 1.98. The van der Waals surface area contributed by atoms with Crippen molar-refractivity contribution >= 4 is 22.6 Å². The van der Waals surface area contributed by atoms with Gasteiger partial charge in [0.1, 0.15) is 5.76 Å². The van der Waals surface area contributed by atoms with Crippen LogP contribution in [0.2, 0.25) is 5.02 Å². The molecule has 2 nitrogen and oxygen atoms in total. The van der Waals surface area contributed by atoms with Crippen LogP contribution in [-0.4, -0.2) is 13.1 Å². The number of para-hydroxylation sites is 1. The third-order valence-electron chi connectivity index (χ3n) is 3.20. The second kappa shape index (κ2) is 5.11. The number of rotatable bonds is 4. The number of halogens is 1. The van der Waals surface area contributed by atoms with Crippen molar-refractivity contribution in [3.63, 3.8) is 0 Å². The Balaban J connectivity index is 2.27. The zero-order valence-corrected chi connectivity index (χ0v) is 11.2. The molecule has 0 saturated heterocycles. The van der Waals surface area contributed by atoms with Crippen LogP contribution in [0.5, 0.6) is 0 Å². The lowest BCUT2D eigenvalue weighted by Gasteiger charge is -2.14. The van der Waals surface area contributed by atoms with Gasteiger partial charge in [-0.3, -0.25) is 0 Å². The highest BCUT2D eigenvalue weighted by atomic mass is 35.5. The van der Waals surface area contributed by atoms with Gasteiger partial charge in [0.05, 0.1) is 5.02 Å². The second-order valence-corrected chi connectivity index (χ2v) is 5.04. The molecular weight excluding hydrogens is 234 g/mol. The van der Waals surface area contributed by atoms with E-state index in [0.717, 1.165) is 23.2 Å². The van der Waals surface area contributed by atoms with Crippen LogP contribution in [0, 0.1) is 0 Å². The van der Waals surface area contributed by atoms with E-state index >= 15 is 0 Å². The Kier molecular flexibility index (Phi) is 3.75. The van der Waals surface area contributed by atoms with E-state index in [1.807, 2.05) is 25.2 Å². The summed E-state index contributed by atoms with van der Waals surface area (Å²) in [5, 5.41) is 5.01. The Morgan fingerprint density at radius 2 is 2.12 bits per heavy atom. The number of nitrogens with one attached hydrogen (secondary N) is 1. The molecule has 0 bridgehead atoms. The molecule has 2 rings (SSSR count). The van der Waals surface area contributed by atoms with Gasteiger partial charge in [-0.25, -0.2) is 0 Å². The minimum absolute atomic E-state index is 0.390. The van der Waals surface area contributed by atoms with Gasteiger partial charge in [-0.1, -0.05) is 30.7 Å². The minimum atomic E-state index is 0.390. The summed E-state index contributed by atoms with van der Waals surface area (Å²) >= 11 is 6.10. The minimum Gasteiger partial charge on any atom is -0.459 e. The summed E-state index contributed by atoms with van der Waals surface area (Å²) in [6.45, 7) is 4.35. The summed E-state index contributed by atoms with van der Waals surface area (Å²) in [4.78, 5) is 0. The van der Waals surface area contributed by atoms with E-state index in [2.05, 4.69) is 25.2 Å². The van der Waals surface area contributed by atoms with Gasteiger partial charge in [0.15, 0.2) is 5.58 Å². The molecule has 0 aliphatic carbocycles. The van der Waals surface area contributed by atoms with Gasteiger partial charge in [0, 0.05) is 17.3 Å². The number of hydrogen-bond donors (Lipinski definition) is 1. The normalized spacial score (nSPS) is 15.1. The SMILES string of the molecule is CNC(C)CC(C)c1cc2cccc(Cl)c2o1. The van der Waals surface area contributed by atoms with Crippen molar-refractivity contribution < 1.29 is 4.42 Å². The van der Waals surface area contributed by atoms with Crippen molar-refractivity contribution in [1.29, 1.82) is 0 Å². The molecule has 1 heterocycles. The third kappa shape index (κ3) is 2.64. The molecule has 0 saturated carbocycles. The van der Waals surface area contributed by atoms with Gasteiger partial charge in [0.2, 0.25) is 0 Å². The fourth-order valence-corrected chi connectivity index (χ4v) is 2.28.